The van der Waals surface area contributed by atoms with Crippen LogP contribution in [0.4, 0.5) is 11.4 Å². The molecule has 0 heterocycles. The predicted octanol–water partition coefficient (Wildman–Crippen LogP) is 3.46. The molecule has 27 heavy (non-hydrogen) atoms. The molecule has 2 aromatic carbocycles. The van der Waals surface area contributed by atoms with Gasteiger partial charge in [-0.25, -0.2) is 0 Å². The van der Waals surface area contributed by atoms with Gasteiger partial charge >= 0.3 is 11.8 Å². The van der Waals surface area contributed by atoms with Gasteiger partial charge in [-0.2, -0.15) is 0 Å². The van der Waals surface area contributed by atoms with Gasteiger partial charge in [0.25, 0.3) is 0 Å². The Morgan fingerprint density at radius 3 is 1.81 bits per heavy atom. The number of hydrogen-bond donors (Lipinski definition) is 2. The zero-order valence-corrected chi connectivity index (χ0v) is 15.7. The Bertz CT molecular complexity index is 774. The molecule has 0 aliphatic rings. The molecule has 2 rings (SSSR count). The van der Waals surface area contributed by atoms with Crippen LogP contribution in [-0.2, 0) is 9.59 Å². The van der Waals surface area contributed by atoms with Crippen LogP contribution in [0.5, 0.6) is 17.2 Å². The van der Waals surface area contributed by atoms with E-state index in [4.69, 9.17) is 14.2 Å². The molecule has 0 fully saturated rings. The molecule has 0 unspecified atom stereocenters. The summed E-state index contributed by atoms with van der Waals surface area (Å²) in [5.41, 5.74) is 0.939. The van der Waals surface area contributed by atoms with Crippen molar-refractivity contribution in [2.24, 2.45) is 0 Å². The number of carbonyl (C=O) groups excluding carboxylic acids is 2. The molecule has 0 aromatic heterocycles. The molecule has 7 heteroatoms. The van der Waals surface area contributed by atoms with Gasteiger partial charge in [0.05, 0.1) is 19.8 Å². The van der Waals surface area contributed by atoms with Gasteiger partial charge in [0.2, 0.25) is 0 Å². The minimum Gasteiger partial charge on any atom is -0.494 e. The van der Waals surface area contributed by atoms with Crippen LogP contribution in [0.15, 0.2) is 42.5 Å². The highest BCUT2D eigenvalue weighted by molar-refractivity contribution is 6.43. The average molecular weight is 372 g/mol. The van der Waals surface area contributed by atoms with Crippen LogP contribution in [0.3, 0.4) is 0 Å². The maximum absolute atomic E-state index is 12.1. The number of amides is 2. The van der Waals surface area contributed by atoms with E-state index < -0.39 is 11.8 Å². The quantitative estimate of drug-likeness (QED) is 0.693. The summed E-state index contributed by atoms with van der Waals surface area (Å²) in [5, 5.41) is 5.09. The van der Waals surface area contributed by atoms with E-state index in [1.165, 1.54) is 0 Å². The summed E-state index contributed by atoms with van der Waals surface area (Å²) in [6.45, 7) is 7.12. The second-order valence-corrected chi connectivity index (χ2v) is 5.39. The number of ether oxygens (including phenoxy) is 3. The maximum atomic E-state index is 12.1. The lowest BCUT2D eigenvalue weighted by molar-refractivity contribution is -0.132. The van der Waals surface area contributed by atoms with Gasteiger partial charge in [0, 0.05) is 17.4 Å². The molecular formula is C20H24N2O5. The van der Waals surface area contributed by atoms with Crippen molar-refractivity contribution < 1.29 is 23.8 Å². The van der Waals surface area contributed by atoms with Crippen LogP contribution in [0.25, 0.3) is 0 Å². The molecule has 0 aliphatic carbocycles. The standard InChI is InChI=1S/C20H24N2O5/c1-4-25-16-10-7-14(8-11-16)21-19(23)20(24)22-15-9-12-17(26-5-2)18(13-15)27-6-3/h7-13H,4-6H2,1-3H3,(H,21,23)(H,22,24). The third kappa shape index (κ3) is 5.91. The largest absolute Gasteiger partial charge is 0.494 e. The van der Waals surface area contributed by atoms with Crippen LogP contribution in [0, 0.1) is 0 Å². The van der Waals surface area contributed by atoms with Crippen molar-refractivity contribution in [3.63, 3.8) is 0 Å². The van der Waals surface area contributed by atoms with Gasteiger partial charge in [0.15, 0.2) is 11.5 Å². The molecule has 0 spiro atoms. The summed E-state index contributed by atoms with van der Waals surface area (Å²) in [5.74, 6) is 0.222. The first-order valence-corrected chi connectivity index (χ1v) is 8.82. The van der Waals surface area contributed by atoms with Crippen LogP contribution < -0.4 is 24.8 Å². The van der Waals surface area contributed by atoms with Crippen molar-refractivity contribution in [1.29, 1.82) is 0 Å². The molecule has 0 saturated heterocycles. The number of anilines is 2. The normalized spacial score (nSPS) is 10.0. The molecule has 0 bridgehead atoms. The van der Waals surface area contributed by atoms with Gasteiger partial charge in [-0.15, -0.1) is 0 Å². The number of carbonyl (C=O) groups is 2. The van der Waals surface area contributed by atoms with Gasteiger partial charge < -0.3 is 24.8 Å². The third-order valence-corrected chi connectivity index (χ3v) is 3.43. The first kappa shape index (κ1) is 20.1. The first-order chi connectivity index (χ1) is 13.1. The van der Waals surface area contributed by atoms with E-state index in [1.807, 2.05) is 20.8 Å². The van der Waals surface area contributed by atoms with E-state index in [-0.39, 0.29) is 0 Å². The highest BCUT2D eigenvalue weighted by Gasteiger charge is 2.15. The summed E-state index contributed by atoms with van der Waals surface area (Å²) in [6.07, 6.45) is 0. The number of hydrogen-bond acceptors (Lipinski definition) is 5. The van der Waals surface area contributed by atoms with Gasteiger partial charge in [0.1, 0.15) is 5.75 Å². The zero-order valence-electron chi connectivity index (χ0n) is 15.7. The average Bonchev–Trinajstić information content (AvgIpc) is 2.66. The fourth-order valence-electron chi connectivity index (χ4n) is 2.31. The molecule has 0 aliphatic heterocycles. The molecule has 0 saturated carbocycles. The maximum Gasteiger partial charge on any atom is 0.314 e. The number of nitrogens with one attached hydrogen (secondary N) is 2. The van der Waals surface area contributed by atoms with Crippen LogP contribution in [-0.4, -0.2) is 31.6 Å². The lowest BCUT2D eigenvalue weighted by Crippen LogP contribution is -2.29. The van der Waals surface area contributed by atoms with Crippen molar-refractivity contribution in [2.45, 2.75) is 20.8 Å². The Kier molecular flexibility index (Phi) is 7.49. The van der Waals surface area contributed by atoms with E-state index >= 15 is 0 Å². The zero-order chi connectivity index (χ0) is 19.6. The van der Waals surface area contributed by atoms with Crippen LogP contribution in [0.1, 0.15) is 20.8 Å². The smallest absolute Gasteiger partial charge is 0.314 e. The fourth-order valence-corrected chi connectivity index (χ4v) is 2.31. The molecule has 7 nitrogen and oxygen atoms in total. The van der Waals surface area contributed by atoms with Gasteiger partial charge in [-0.3, -0.25) is 9.59 Å². The molecule has 2 amide bonds. The van der Waals surface area contributed by atoms with Crippen LogP contribution >= 0.6 is 0 Å². The summed E-state index contributed by atoms with van der Waals surface area (Å²) in [4.78, 5) is 24.2. The molecule has 2 aromatic rings. The lowest BCUT2D eigenvalue weighted by Gasteiger charge is -2.13. The fraction of sp³-hybridized carbons (Fsp3) is 0.300. The summed E-state index contributed by atoms with van der Waals surface area (Å²) < 4.78 is 16.3. The second-order valence-electron chi connectivity index (χ2n) is 5.39. The Labute approximate surface area is 158 Å². The van der Waals surface area contributed by atoms with E-state index in [9.17, 15) is 9.59 Å². The Morgan fingerprint density at radius 2 is 1.22 bits per heavy atom. The number of rotatable bonds is 8. The monoisotopic (exact) mass is 372 g/mol. The number of benzene rings is 2. The molecule has 0 radical (unpaired) electrons. The second kappa shape index (κ2) is 10.1. The van der Waals surface area contributed by atoms with E-state index in [2.05, 4.69) is 10.6 Å². The Balaban J connectivity index is 2.00. The molecule has 144 valence electrons. The van der Waals surface area contributed by atoms with Crippen molar-refractivity contribution in [1.82, 2.24) is 0 Å². The van der Waals surface area contributed by atoms with Crippen molar-refractivity contribution in [3.8, 4) is 17.2 Å². The van der Waals surface area contributed by atoms with Gasteiger partial charge in [-0.05, 0) is 57.2 Å². The van der Waals surface area contributed by atoms with E-state index in [0.29, 0.717) is 48.4 Å². The van der Waals surface area contributed by atoms with Gasteiger partial charge in [-0.1, -0.05) is 0 Å². The predicted molar refractivity (Wildman–Crippen MR) is 104 cm³/mol. The minimum atomic E-state index is -0.782. The highest BCUT2D eigenvalue weighted by atomic mass is 16.5. The lowest BCUT2D eigenvalue weighted by atomic mass is 10.2. The minimum absolute atomic E-state index is 0.439. The topological polar surface area (TPSA) is 85.9 Å². The first-order valence-electron chi connectivity index (χ1n) is 8.82. The third-order valence-electron chi connectivity index (χ3n) is 3.43. The SMILES string of the molecule is CCOc1ccc(NC(=O)C(=O)Nc2ccc(OCC)c(OCC)c2)cc1. The molecule has 0 atom stereocenters. The van der Waals surface area contributed by atoms with Crippen molar-refractivity contribution in [3.05, 3.63) is 42.5 Å². The van der Waals surface area contributed by atoms with Crippen LogP contribution in [0.2, 0.25) is 0 Å². The Morgan fingerprint density at radius 1 is 0.704 bits per heavy atom. The highest BCUT2D eigenvalue weighted by Crippen LogP contribution is 2.30. The summed E-state index contributed by atoms with van der Waals surface area (Å²) >= 11 is 0. The van der Waals surface area contributed by atoms with Crippen molar-refractivity contribution in [2.75, 3.05) is 30.5 Å². The molecular weight excluding hydrogens is 348 g/mol. The van der Waals surface area contributed by atoms with Crippen molar-refractivity contribution >= 4 is 23.2 Å². The summed E-state index contributed by atoms with van der Waals surface area (Å²) in [7, 11) is 0. The Hall–Kier alpha value is -3.22. The van der Waals surface area contributed by atoms with E-state index in [1.54, 1.807) is 42.5 Å². The molecule has 2 N–H and O–H groups in total. The summed E-state index contributed by atoms with van der Waals surface area (Å²) in [6, 6.07) is 11.7. The van der Waals surface area contributed by atoms with E-state index in [0.717, 1.165) is 0 Å².